The van der Waals surface area contributed by atoms with Gasteiger partial charge in [-0.2, -0.15) is 0 Å². The third kappa shape index (κ3) is 2.96. The van der Waals surface area contributed by atoms with Gasteiger partial charge in [-0.1, -0.05) is 49.5 Å². The van der Waals surface area contributed by atoms with Crippen molar-refractivity contribution >= 4 is 49.4 Å². The van der Waals surface area contributed by atoms with E-state index in [4.69, 9.17) is 16.3 Å². The molecule has 2 nitrogen and oxygen atoms in total. The molecule has 0 atom stereocenters. The van der Waals surface area contributed by atoms with E-state index in [0.717, 1.165) is 0 Å². The zero-order chi connectivity index (χ0) is 12.3. The van der Waals surface area contributed by atoms with Crippen molar-refractivity contribution in [2.45, 2.75) is 10.7 Å². The number of hydrogen-bond donors (Lipinski definition) is 0. The van der Waals surface area contributed by atoms with Gasteiger partial charge in [0.2, 0.25) is 0 Å². The maximum Gasteiger partial charge on any atom is 0.342 e. The van der Waals surface area contributed by atoms with Crippen molar-refractivity contribution in [3.05, 3.63) is 34.1 Å². The van der Waals surface area contributed by atoms with Crippen molar-refractivity contribution in [1.29, 1.82) is 0 Å². The quantitative estimate of drug-likeness (QED) is 0.577. The lowest BCUT2D eigenvalue weighted by atomic mass is 10.1. The smallest absolute Gasteiger partial charge is 0.342 e. The lowest BCUT2D eigenvalue weighted by Crippen LogP contribution is -2.09. The van der Waals surface area contributed by atoms with Gasteiger partial charge in [-0.25, -0.2) is 9.18 Å². The lowest BCUT2D eigenvalue weighted by Gasteiger charge is -2.10. The van der Waals surface area contributed by atoms with Gasteiger partial charge in [0.05, 0.1) is 15.4 Å². The fourth-order valence-corrected chi connectivity index (χ4v) is 2.06. The first-order chi connectivity index (χ1) is 7.49. The predicted octanol–water partition coefficient (Wildman–Crippen LogP) is 4.44. The van der Waals surface area contributed by atoms with E-state index in [0.29, 0.717) is 5.56 Å². The van der Waals surface area contributed by atoms with Crippen LogP contribution < -0.4 is 0 Å². The lowest BCUT2D eigenvalue weighted by molar-refractivity contribution is 0.0521. The number of halogens is 4. The third-order valence-electron chi connectivity index (χ3n) is 1.84. The molecule has 0 radical (unpaired) electrons. The Kier molecular flexibility index (Phi) is 5.21. The summed E-state index contributed by atoms with van der Waals surface area (Å²) in [5.74, 6) is -1.43. The molecule has 0 saturated heterocycles. The first kappa shape index (κ1) is 13.9. The van der Waals surface area contributed by atoms with Crippen LogP contribution in [0.4, 0.5) is 4.39 Å². The molecule has 0 bridgehead atoms. The SMILES string of the molecule is CCOC(=O)c1c(Cl)ccc(C(Br)Br)c1F. The minimum atomic E-state index is -0.757. The molecular weight excluding hydrogens is 366 g/mol. The van der Waals surface area contributed by atoms with Gasteiger partial charge < -0.3 is 4.74 Å². The minimum absolute atomic E-state index is 0.0420. The van der Waals surface area contributed by atoms with E-state index in [1.165, 1.54) is 12.1 Å². The zero-order valence-electron chi connectivity index (χ0n) is 8.27. The van der Waals surface area contributed by atoms with E-state index >= 15 is 0 Å². The summed E-state index contributed by atoms with van der Waals surface area (Å²) < 4.78 is 18.3. The van der Waals surface area contributed by atoms with Crippen molar-refractivity contribution in [1.82, 2.24) is 0 Å². The average molecular weight is 374 g/mol. The number of alkyl halides is 2. The summed E-state index contributed by atoms with van der Waals surface area (Å²) in [5, 5.41) is 0.0420. The summed E-state index contributed by atoms with van der Waals surface area (Å²) in [4.78, 5) is 11.5. The normalized spacial score (nSPS) is 10.6. The summed E-state index contributed by atoms with van der Waals surface area (Å²) in [6.07, 6.45) is 0. The van der Waals surface area contributed by atoms with E-state index in [9.17, 15) is 9.18 Å². The Bertz CT molecular complexity index is 410. The molecule has 0 aliphatic rings. The highest BCUT2D eigenvalue weighted by Gasteiger charge is 2.22. The Morgan fingerprint density at radius 1 is 1.56 bits per heavy atom. The van der Waals surface area contributed by atoms with Crippen molar-refractivity contribution < 1.29 is 13.9 Å². The number of ether oxygens (including phenoxy) is 1. The molecule has 1 aromatic rings. The number of carbonyl (C=O) groups excluding carboxylic acids is 1. The number of hydrogen-bond acceptors (Lipinski definition) is 2. The van der Waals surface area contributed by atoms with Gasteiger partial charge in [-0.05, 0) is 13.0 Å². The van der Waals surface area contributed by atoms with Crippen molar-refractivity contribution in [3.8, 4) is 0 Å². The Labute approximate surface area is 114 Å². The highest BCUT2D eigenvalue weighted by molar-refractivity contribution is 9.24. The van der Waals surface area contributed by atoms with Crippen molar-refractivity contribution in [2.75, 3.05) is 6.61 Å². The van der Waals surface area contributed by atoms with E-state index in [1.807, 2.05) is 0 Å². The number of benzene rings is 1. The van der Waals surface area contributed by atoms with E-state index < -0.39 is 11.8 Å². The number of carbonyl (C=O) groups is 1. The Hall–Kier alpha value is -0.130. The molecular formula is C10H8Br2ClFO2. The highest BCUT2D eigenvalue weighted by Crippen LogP contribution is 2.34. The predicted molar refractivity (Wildman–Crippen MR) is 68.0 cm³/mol. The molecule has 1 rings (SSSR count). The average Bonchev–Trinajstić information content (AvgIpc) is 2.17. The van der Waals surface area contributed by atoms with Gasteiger partial charge in [0, 0.05) is 5.56 Å². The van der Waals surface area contributed by atoms with E-state index in [2.05, 4.69) is 31.9 Å². The van der Waals surface area contributed by atoms with Crippen LogP contribution in [0.3, 0.4) is 0 Å². The summed E-state index contributed by atoms with van der Waals surface area (Å²) in [6, 6.07) is 2.95. The molecule has 16 heavy (non-hydrogen) atoms. The molecule has 0 aliphatic heterocycles. The second-order valence-corrected chi connectivity index (χ2v) is 6.31. The summed E-state index contributed by atoms with van der Waals surface area (Å²) in [7, 11) is 0. The van der Waals surface area contributed by atoms with Gasteiger partial charge in [-0.3, -0.25) is 0 Å². The topological polar surface area (TPSA) is 26.3 Å². The maximum atomic E-state index is 13.9. The molecule has 0 amide bonds. The Morgan fingerprint density at radius 2 is 2.19 bits per heavy atom. The first-order valence-electron chi connectivity index (χ1n) is 4.42. The molecule has 0 aromatic heterocycles. The van der Waals surface area contributed by atoms with Gasteiger partial charge in [-0.15, -0.1) is 0 Å². The molecule has 0 fully saturated rings. The van der Waals surface area contributed by atoms with E-state index in [-0.39, 0.29) is 20.9 Å². The molecule has 1 aromatic carbocycles. The van der Waals surface area contributed by atoms with Crippen LogP contribution in [-0.2, 0) is 4.74 Å². The summed E-state index contributed by atoms with van der Waals surface area (Å²) >= 11 is 12.1. The standard InChI is InChI=1S/C10H8Br2ClFO2/c1-2-16-10(15)7-6(13)4-3-5(8(7)14)9(11)12/h3-4,9H,2H2,1H3. The Balaban J connectivity index is 3.26. The largest absolute Gasteiger partial charge is 0.462 e. The van der Waals surface area contributed by atoms with Gasteiger partial charge in [0.1, 0.15) is 11.4 Å². The van der Waals surface area contributed by atoms with Gasteiger partial charge >= 0.3 is 5.97 Å². The first-order valence-corrected chi connectivity index (χ1v) is 6.63. The van der Waals surface area contributed by atoms with Crippen LogP contribution in [0.15, 0.2) is 12.1 Å². The molecule has 0 heterocycles. The summed E-state index contributed by atoms with van der Waals surface area (Å²) in [6.45, 7) is 1.82. The molecule has 88 valence electrons. The van der Waals surface area contributed by atoms with E-state index in [1.54, 1.807) is 6.92 Å². The van der Waals surface area contributed by atoms with Crippen LogP contribution in [0.25, 0.3) is 0 Å². The molecule has 0 unspecified atom stereocenters. The number of esters is 1. The van der Waals surface area contributed by atoms with Gasteiger partial charge in [0.15, 0.2) is 0 Å². The van der Waals surface area contributed by atoms with Crippen molar-refractivity contribution in [3.63, 3.8) is 0 Å². The second-order valence-electron chi connectivity index (χ2n) is 2.85. The number of rotatable bonds is 3. The second kappa shape index (κ2) is 5.98. The zero-order valence-corrected chi connectivity index (χ0v) is 12.2. The van der Waals surface area contributed by atoms with Crippen molar-refractivity contribution in [2.24, 2.45) is 0 Å². The fraction of sp³-hybridized carbons (Fsp3) is 0.300. The Morgan fingerprint density at radius 3 is 2.69 bits per heavy atom. The van der Waals surface area contributed by atoms with Gasteiger partial charge in [0.25, 0.3) is 0 Å². The molecule has 0 N–H and O–H groups in total. The maximum absolute atomic E-state index is 13.9. The molecule has 0 aliphatic carbocycles. The monoisotopic (exact) mass is 372 g/mol. The molecule has 0 spiro atoms. The van der Waals surface area contributed by atoms with Crippen LogP contribution in [0.1, 0.15) is 26.6 Å². The summed E-state index contributed by atoms with van der Waals surface area (Å²) in [5.41, 5.74) is 0.0670. The van der Waals surface area contributed by atoms with Crippen LogP contribution in [-0.4, -0.2) is 12.6 Å². The van der Waals surface area contributed by atoms with Crippen LogP contribution in [0.2, 0.25) is 5.02 Å². The molecule has 0 saturated carbocycles. The minimum Gasteiger partial charge on any atom is -0.462 e. The van der Waals surface area contributed by atoms with Crippen LogP contribution in [0.5, 0.6) is 0 Å². The van der Waals surface area contributed by atoms with Crippen LogP contribution >= 0.6 is 43.5 Å². The third-order valence-corrected chi connectivity index (χ3v) is 3.14. The highest BCUT2D eigenvalue weighted by atomic mass is 79.9. The van der Waals surface area contributed by atoms with Crippen LogP contribution in [0, 0.1) is 5.82 Å². The fourth-order valence-electron chi connectivity index (χ4n) is 1.13. The molecule has 6 heteroatoms.